The molecule has 0 radical (unpaired) electrons. The lowest BCUT2D eigenvalue weighted by atomic mass is 9.86. The molecule has 0 amide bonds. The van der Waals surface area contributed by atoms with Crippen LogP contribution in [0.15, 0.2) is 22.9 Å². The number of anilines is 1. The van der Waals surface area contributed by atoms with E-state index in [4.69, 9.17) is 0 Å². The number of halogens is 1. The molecule has 0 aliphatic heterocycles. The van der Waals surface area contributed by atoms with E-state index in [0.29, 0.717) is 0 Å². The van der Waals surface area contributed by atoms with Crippen LogP contribution in [0.2, 0.25) is 0 Å². The molecule has 0 aromatic carbocycles. The van der Waals surface area contributed by atoms with Crippen LogP contribution in [-0.4, -0.2) is 21.2 Å². The van der Waals surface area contributed by atoms with E-state index in [2.05, 4.69) is 26.2 Å². The Labute approximate surface area is 99.1 Å². The molecule has 0 saturated heterocycles. The summed E-state index contributed by atoms with van der Waals surface area (Å²) in [5.41, 5.74) is -0.346. The highest BCUT2D eigenvalue weighted by molar-refractivity contribution is 9.10. The molecule has 84 valence electrons. The third-order valence-corrected chi connectivity index (χ3v) is 3.12. The SMILES string of the molecule is CC(C)(O)C(C)(C)Nc1cncc(Br)c1. The van der Waals surface area contributed by atoms with Gasteiger partial charge in [-0.25, -0.2) is 0 Å². The van der Waals surface area contributed by atoms with Gasteiger partial charge in [-0.15, -0.1) is 0 Å². The summed E-state index contributed by atoms with van der Waals surface area (Å²) in [5.74, 6) is 0. The van der Waals surface area contributed by atoms with Crippen molar-refractivity contribution in [2.24, 2.45) is 0 Å². The second kappa shape index (κ2) is 4.10. The Morgan fingerprint density at radius 3 is 2.33 bits per heavy atom. The van der Waals surface area contributed by atoms with Gasteiger partial charge in [-0.2, -0.15) is 0 Å². The van der Waals surface area contributed by atoms with E-state index >= 15 is 0 Å². The number of nitrogens with one attached hydrogen (secondary N) is 1. The summed E-state index contributed by atoms with van der Waals surface area (Å²) in [6.45, 7) is 7.47. The lowest BCUT2D eigenvalue weighted by Gasteiger charge is -2.38. The average Bonchev–Trinajstić information content (AvgIpc) is 2.00. The third-order valence-electron chi connectivity index (χ3n) is 2.69. The predicted molar refractivity (Wildman–Crippen MR) is 65.9 cm³/mol. The van der Waals surface area contributed by atoms with E-state index in [0.717, 1.165) is 10.2 Å². The smallest absolute Gasteiger partial charge is 0.0814 e. The minimum Gasteiger partial charge on any atom is -0.388 e. The van der Waals surface area contributed by atoms with Crippen LogP contribution in [0.3, 0.4) is 0 Å². The molecule has 0 aliphatic rings. The molecule has 0 spiro atoms. The fourth-order valence-electron chi connectivity index (χ4n) is 0.994. The van der Waals surface area contributed by atoms with Crippen molar-refractivity contribution in [3.63, 3.8) is 0 Å². The number of nitrogens with zero attached hydrogens (tertiary/aromatic N) is 1. The standard InChI is InChI=1S/C11H17BrN2O/c1-10(2,11(3,4)15)14-9-5-8(12)6-13-7-9/h5-7,14-15H,1-4H3. The van der Waals surface area contributed by atoms with Gasteiger partial charge in [0.1, 0.15) is 0 Å². The zero-order chi connectivity index (χ0) is 11.7. The van der Waals surface area contributed by atoms with Crippen LogP contribution in [0, 0.1) is 0 Å². The van der Waals surface area contributed by atoms with Gasteiger partial charge in [-0.05, 0) is 49.7 Å². The van der Waals surface area contributed by atoms with Crippen molar-refractivity contribution < 1.29 is 5.11 Å². The van der Waals surface area contributed by atoms with E-state index in [9.17, 15) is 5.11 Å². The number of hydrogen-bond donors (Lipinski definition) is 2. The zero-order valence-corrected chi connectivity index (χ0v) is 11.1. The van der Waals surface area contributed by atoms with Gasteiger partial charge in [0, 0.05) is 10.7 Å². The Hall–Kier alpha value is -0.610. The average molecular weight is 273 g/mol. The Kier molecular flexibility index (Phi) is 3.41. The first kappa shape index (κ1) is 12.5. The third kappa shape index (κ3) is 3.18. The lowest BCUT2D eigenvalue weighted by molar-refractivity contribution is 0.0240. The Bertz CT molecular complexity index is 345. The van der Waals surface area contributed by atoms with Gasteiger partial charge in [-0.1, -0.05) is 0 Å². The second-order valence-corrected chi connectivity index (χ2v) is 5.62. The fraction of sp³-hybridized carbons (Fsp3) is 0.545. The van der Waals surface area contributed by atoms with Crippen molar-refractivity contribution in [3.8, 4) is 0 Å². The van der Waals surface area contributed by atoms with Crippen molar-refractivity contribution in [3.05, 3.63) is 22.9 Å². The molecule has 0 bridgehead atoms. The summed E-state index contributed by atoms with van der Waals surface area (Å²) in [5, 5.41) is 13.2. The van der Waals surface area contributed by atoms with Gasteiger partial charge >= 0.3 is 0 Å². The van der Waals surface area contributed by atoms with Crippen LogP contribution in [-0.2, 0) is 0 Å². The Balaban J connectivity index is 2.87. The lowest BCUT2D eigenvalue weighted by Crippen LogP contribution is -2.51. The molecule has 1 aromatic rings. The van der Waals surface area contributed by atoms with E-state index in [1.807, 2.05) is 19.9 Å². The zero-order valence-electron chi connectivity index (χ0n) is 9.50. The highest BCUT2D eigenvalue weighted by Crippen LogP contribution is 2.26. The molecule has 4 heteroatoms. The first-order valence-electron chi connectivity index (χ1n) is 4.83. The van der Waals surface area contributed by atoms with E-state index < -0.39 is 11.1 Å². The van der Waals surface area contributed by atoms with Crippen molar-refractivity contribution in [1.82, 2.24) is 4.98 Å². The van der Waals surface area contributed by atoms with E-state index in [1.165, 1.54) is 0 Å². The monoisotopic (exact) mass is 272 g/mol. The minimum atomic E-state index is -0.810. The summed E-state index contributed by atoms with van der Waals surface area (Å²) >= 11 is 3.36. The summed E-state index contributed by atoms with van der Waals surface area (Å²) in [6, 6.07) is 1.93. The quantitative estimate of drug-likeness (QED) is 0.890. The van der Waals surface area contributed by atoms with Crippen molar-refractivity contribution in [2.75, 3.05) is 5.32 Å². The van der Waals surface area contributed by atoms with Crippen LogP contribution < -0.4 is 5.32 Å². The molecule has 3 nitrogen and oxygen atoms in total. The van der Waals surface area contributed by atoms with Gasteiger partial charge in [0.25, 0.3) is 0 Å². The van der Waals surface area contributed by atoms with Gasteiger partial charge in [0.2, 0.25) is 0 Å². The molecule has 1 heterocycles. The van der Waals surface area contributed by atoms with Crippen molar-refractivity contribution >= 4 is 21.6 Å². The topological polar surface area (TPSA) is 45.1 Å². The van der Waals surface area contributed by atoms with Crippen molar-refractivity contribution in [1.29, 1.82) is 0 Å². The van der Waals surface area contributed by atoms with Crippen LogP contribution in [0.5, 0.6) is 0 Å². The van der Waals surface area contributed by atoms with Crippen LogP contribution >= 0.6 is 15.9 Å². The fourth-order valence-corrected chi connectivity index (χ4v) is 1.36. The Morgan fingerprint density at radius 2 is 1.87 bits per heavy atom. The molecule has 0 unspecified atom stereocenters. The first-order valence-corrected chi connectivity index (χ1v) is 5.63. The first-order chi connectivity index (χ1) is 6.72. The maximum atomic E-state index is 9.98. The predicted octanol–water partition coefficient (Wildman–Crippen LogP) is 2.81. The largest absolute Gasteiger partial charge is 0.388 e. The van der Waals surface area contributed by atoms with Crippen LogP contribution in [0.25, 0.3) is 0 Å². The van der Waals surface area contributed by atoms with Gasteiger partial charge in [-0.3, -0.25) is 4.98 Å². The maximum absolute atomic E-state index is 9.98. The second-order valence-electron chi connectivity index (χ2n) is 4.70. The molecule has 15 heavy (non-hydrogen) atoms. The molecular formula is C11H17BrN2O. The van der Waals surface area contributed by atoms with Gasteiger partial charge < -0.3 is 10.4 Å². The molecule has 0 saturated carbocycles. The van der Waals surface area contributed by atoms with E-state index in [1.54, 1.807) is 26.2 Å². The number of rotatable bonds is 3. The normalized spacial score (nSPS) is 12.7. The maximum Gasteiger partial charge on any atom is 0.0814 e. The number of aliphatic hydroxyl groups is 1. The molecule has 2 N–H and O–H groups in total. The Morgan fingerprint density at radius 1 is 1.27 bits per heavy atom. The number of aromatic nitrogens is 1. The number of hydrogen-bond acceptors (Lipinski definition) is 3. The van der Waals surface area contributed by atoms with Crippen molar-refractivity contribution in [2.45, 2.75) is 38.8 Å². The van der Waals surface area contributed by atoms with Gasteiger partial charge in [0.15, 0.2) is 0 Å². The summed E-state index contributed by atoms with van der Waals surface area (Å²) in [7, 11) is 0. The molecule has 0 aliphatic carbocycles. The molecule has 1 rings (SSSR count). The summed E-state index contributed by atoms with van der Waals surface area (Å²) < 4.78 is 0.916. The minimum absolute atomic E-state index is 0.421. The van der Waals surface area contributed by atoms with Crippen LogP contribution in [0.4, 0.5) is 5.69 Å². The van der Waals surface area contributed by atoms with Gasteiger partial charge in [0.05, 0.1) is 23.0 Å². The number of pyridine rings is 1. The summed E-state index contributed by atoms with van der Waals surface area (Å²) in [4.78, 5) is 4.06. The highest BCUT2D eigenvalue weighted by Gasteiger charge is 2.34. The van der Waals surface area contributed by atoms with E-state index in [-0.39, 0.29) is 0 Å². The molecular weight excluding hydrogens is 256 g/mol. The van der Waals surface area contributed by atoms with Crippen LogP contribution in [0.1, 0.15) is 27.7 Å². The summed E-state index contributed by atoms with van der Waals surface area (Å²) in [6.07, 6.45) is 3.46. The molecule has 0 fully saturated rings. The highest BCUT2D eigenvalue weighted by atomic mass is 79.9. The molecule has 0 atom stereocenters. The molecule has 1 aromatic heterocycles.